The van der Waals surface area contributed by atoms with E-state index in [0.29, 0.717) is 17.1 Å². The Labute approximate surface area is 110 Å². The summed E-state index contributed by atoms with van der Waals surface area (Å²) in [6, 6.07) is 6.62. The van der Waals surface area contributed by atoms with Crippen molar-refractivity contribution in [2.24, 2.45) is 0 Å². The SMILES string of the molecule is O=C(Nc1ccc(Cl)cc1)OC1=CCCCC1=O. The van der Waals surface area contributed by atoms with E-state index in [1.54, 1.807) is 30.3 Å². The summed E-state index contributed by atoms with van der Waals surface area (Å²) < 4.78 is 4.97. The molecule has 1 N–H and O–H groups in total. The number of hydrogen-bond donors (Lipinski definition) is 1. The molecule has 0 aliphatic heterocycles. The molecule has 2 rings (SSSR count). The molecule has 0 heterocycles. The number of anilines is 1. The average Bonchev–Trinajstić information content (AvgIpc) is 2.35. The molecule has 1 aromatic rings. The van der Waals surface area contributed by atoms with Crippen molar-refractivity contribution in [1.82, 2.24) is 0 Å². The average molecular weight is 266 g/mol. The highest BCUT2D eigenvalue weighted by Gasteiger charge is 2.18. The number of ketones is 1. The van der Waals surface area contributed by atoms with Crippen molar-refractivity contribution in [3.8, 4) is 0 Å². The second kappa shape index (κ2) is 5.69. The first-order valence-electron chi connectivity index (χ1n) is 5.63. The molecular weight excluding hydrogens is 254 g/mol. The number of allylic oxidation sites excluding steroid dienone is 2. The van der Waals surface area contributed by atoms with Crippen LogP contribution in [-0.4, -0.2) is 11.9 Å². The van der Waals surface area contributed by atoms with Crippen molar-refractivity contribution in [2.45, 2.75) is 19.3 Å². The van der Waals surface area contributed by atoms with Crippen LogP contribution in [0.2, 0.25) is 5.02 Å². The normalized spacial score (nSPS) is 14.9. The molecule has 0 aromatic heterocycles. The number of halogens is 1. The quantitative estimate of drug-likeness (QED) is 0.890. The smallest absolute Gasteiger partial charge is 0.407 e. The highest BCUT2D eigenvalue weighted by atomic mass is 35.5. The first-order valence-corrected chi connectivity index (χ1v) is 6.01. The van der Waals surface area contributed by atoms with E-state index in [0.717, 1.165) is 12.8 Å². The van der Waals surface area contributed by atoms with Crippen LogP contribution in [0.1, 0.15) is 19.3 Å². The van der Waals surface area contributed by atoms with E-state index in [1.807, 2.05) is 0 Å². The van der Waals surface area contributed by atoms with Crippen molar-refractivity contribution < 1.29 is 14.3 Å². The summed E-state index contributed by atoms with van der Waals surface area (Å²) in [5.74, 6) is 0.000203. The molecular formula is C13H12ClNO3. The third-order valence-electron chi connectivity index (χ3n) is 2.51. The molecule has 1 aliphatic carbocycles. The van der Waals surface area contributed by atoms with Gasteiger partial charge in [0.2, 0.25) is 0 Å². The molecule has 5 heteroatoms. The zero-order chi connectivity index (χ0) is 13.0. The van der Waals surface area contributed by atoms with Gasteiger partial charge in [0, 0.05) is 17.1 Å². The highest BCUT2D eigenvalue weighted by Crippen LogP contribution is 2.17. The van der Waals surface area contributed by atoms with Gasteiger partial charge >= 0.3 is 6.09 Å². The largest absolute Gasteiger partial charge is 0.417 e. The minimum absolute atomic E-state index is 0.132. The second-order valence-electron chi connectivity index (χ2n) is 3.91. The Bertz CT molecular complexity index is 493. The first-order chi connectivity index (χ1) is 8.65. The molecule has 1 amide bonds. The Morgan fingerprint density at radius 3 is 2.67 bits per heavy atom. The molecule has 0 fully saturated rings. The van der Waals surface area contributed by atoms with Crippen molar-refractivity contribution >= 4 is 29.2 Å². The third kappa shape index (κ3) is 3.34. The van der Waals surface area contributed by atoms with E-state index in [2.05, 4.69) is 5.32 Å². The Kier molecular flexibility index (Phi) is 3.99. The van der Waals surface area contributed by atoms with Gasteiger partial charge in [0.1, 0.15) is 0 Å². The van der Waals surface area contributed by atoms with Crippen LogP contribution < -0.4 is 5.32 Å². The van der Waals surface area contributed by atoms with Gasteiger partial charge in [-0.15, -0.1) is 0 Å². The van der Waals surface area contributed by atoms with Crippen LogP contribution in [-0.2, 0) is 9.53 Å². The van der Waals surface area contributed by atoms with Crippen molar-refractivity contribution in [2.75, 3.05) is 5.32 Å². The minimum Gasteiger partial charge on any atom is -0.407 e. The van der Waals surface area contributed by atoms with E-state index < -0.39 is 6.09 Å². The molecule has 0 spiro atoms. The summed E-state index contributed by atoms with van der Waals surface area (Å²) in [5, 5.41) is 3.11. The Morgan fingerprint density at radius 1 is 1.28 bits per heavy atom. The number of hydrogen-bond acceptors (Lipinski definition) is 3. The molecule has 0 bridgehead atoms. The first kappa shape index (κ1) is 12.6. The Balaban J connectivity index is 1.94. The van der Waals surface area contributed by atoms with Crippen LogP contribution in [0.4, 0.5) is 10.5 Å². The molecule has 18 heavy (non-hydrogen) atoms. The van der Waals surface area contributed by atoms with E-state index in [1.165, 1.54) is 0 Å². The zero-order valence-electron chi connectivity index (χ0n) is 9.61. The van der Waals surface area contributed by atoms with Crippen LogP contribution in [0, 0.1) is 0 Å². The fraction of sp³-hybridized carbons (Fsp3) is 0.231. The van der Waals surface area contributed by atoms with Gasteiger partial charge in [-0.2, -0.15) is 0 Å². The van der Waals surface area contributed by atoms with Gasteiger partial charge in [0.15, 0.2) is 11.5 Å². The Morgan fingerprint density at radius 2 is 2.00 bits per heavy atom. The number of Topliss-reactive ketones (excluding diaryl/α,β-unsaturated/α-hetero) is 1. The zero-order valence-corrected chi connectivity index (χ0v) is 10.4. The summed E-state index contributed by atoms with van der Waals surface area (Å²) in [5.41, 5.74) is 0.563. The predicted octanol–water partition coefficient (Wildman–Crippen LogP) is 3.53. The van der Waals surface area contributed by atoms with E-state index in [-0.39, 0.29) is 11.5 Å². The molecule has 0 saturated carbocycles. The maximum Gasteiger partial charge on any atom is 0.417 e. The van der Waals surface area contributed by atoms with Gasteiger partial charge in [-0.3, -0.25) is 10.1 Å². The fourth-order valence-electron chi connectivity index (χ4n) is 1.61. The summed E-state index contributed by atoms with van der Waals surface area (Å²) in [7, 11) is 0. The van der Waals surface area contributed by atoms with E-state index >= 15 is 0 Å². The van der Waals surface area contributed by atoms with E-state index in [9.17, 15) is 9.59 Å². The van der Waals surface area contributed by atoms with Gasteiger partial charge < -0.3 is 4.74 Å². The lowest BCUT2D eigenvalue weighted by Gasteiger charge is -2.12. The van der Waals surface area contributed by atoms with Crippen LogP contribution >= 0.6 is 11.6 Å². The number of rotatable bonds is 2. The summed E-state index contributed by atoms with van der Waals surface area (Å²) in [6.07, 6.45) is 2.98. The number of nitrogens with one attached hydrogen (secondary N) is 1. The number of carbonyl (C=O) groups excluding carboxylic acids is 2. The van der Waals surface area contributed by atoms with Crippen molar-refractivity contribution in [1.29, 1.82) is 0 Å². The van der Waals surface area contributed by atoms with Crippen LogP contribution in [0.3, 0.4) is 0 Å². The van der Waals surface area contributed by atoms with Gasteiger partial charge in [-0.1, -0.05) is 11.6 Å². The highest BCUT2D eigenvalue weighted by molar-refractivity contribution is 6.30. The van der Waals surface area contributed by atoms with Gasteiger partial charge in [-0.25, -0.2) is 4.79 Å². The van der Waals surface area contributed by atoms with Crippen LogP contribution in [0.25, 0.3) is 0 Å². The van der Waals surface area contributed by atoms with E-state index in [4.69, 9.17) is 16.3 Å². The predicted molar refractivity (Wildman–Crippen MR) is 68.5 cm³/mol. The summed E-state index contributed by atoms with van der Waals surface area (Å²) in [4.78, 5) is 23.0. The van der Waals surface area contributed by atoms with Gasteiger partial charge in [-0.05, 0) is 43.2 Å². The molecule has 1 aliphatic rings. The van der Waals surface area contributed by atoms with Gasteiger partial charge in [0.25, 0.3) is 0 Å². The molecule has 4 nitrogen and oxygen atoms in total. The summed E-state index contributed by atoms with van der Waals surface area (Å²) in [6.45, 7) is 0. The monoisotopic (exact) mass is 265 g/mol. The molecule has 1 aromatic carbocycles. The maximum absolute atomic E-state index is 11.6. The second-order valence-corrected chi connectivity index (χ2v) is 4.34. The summed E-state index contributed by atoms with van der Waals surface area (Å²) >= 11 is 5.73. The molecule has 0 unspecified atom stereocenters. The maximum atomic E-state index is 11.6. The Hall–Kier alpha value is -1.81. The van der Waals surface area contributed by atoms with Gasteiger partial charge in [0.05, 0.1) is 0 Å². The lowest BCUT2D eigenvalue weighted by Crippen LogP contribution is -2.18. The van der Waals surface area contributed by atoms with Crippen molar-refractivity contribution in [3.05, 3.63) is 41.1 Å². The molecule has 94 valence electrons. The van der Waals surface area contributed by atoms with Crippen LogP contribution in [0.5, 0.6) is 0 Å². The topological polar surface area (TPSA) is 55.4 Å². The number of benzene rings is 1. The minimum atomic E-state index is -0.668. The standard InChI is InChI=1S/C13H12ClNO3/c14-9-5-7-10(8-6-9)15-13(17)18-12-4-2-1-3-11(12)16/h4-8H,1-3H2,(H,15,17). The third-order valence-corrected chi connectivity index (χ3v) is 2.76. The lowest BCUT2D eigenvalue weighted by atomic mass is 10.1. The van der Waals surface area contributed by atoms with Crippen LogP contribution in [0.15, 0.2) is 36.1 Å². The molecule has 0 radical (unpaired) electrons. The number of ether oxygens (including phenoxy) is 1. The number of amides is 1. The fourth-order valence-corrected chi connectivity index (χ4v) is 1.73. The lowest BCUT2D eigenvalue weighted by molar-refractivity contribution is -0.118. The van der Waals surface area contributed by atoms with Crippen molar-refractivity contribution in [3.63, 3.8) is 0 Å². The molecule has 0 saturated heterocycles. The molecule has 0 atom stereocenters. The number of carbonyl (C=O) groups is 2.